The Bertz CT molecular complexity index is 1640. The molecule has 1 saturated heterocycles. The van der Waals surface area contributed by atoms with Gasteiger partial charge in [0.1, 0.15) is 0 Å². The lowest BCUT2D eigenvalue weighted by atomic mass is 9.96. The number of anilines is 2. The van der Waals surface area contributed by atoms with E-state index >= 15 is 0 Å². The van der Waals surface area contributed by atoms with Gasteiger partial charge in [0, 0.05) is 54.7 Å². The molecule has 42 heavy (non-hydrogen) atoms. The highest BCUT2D eigenvalue weighted by atomic mass is 19.4. The average Bonchev–Trinajstić information content (AvgIpc) is 3.02. The molecule has 5 aromatic rings. The Labute approximate surface area is 242 Å². The average molecular weight is 567 g/mol. The molecule has 1 aliphatic rings. The second-order valence-electron chi connectivity index (χ2n) is 10.3. The zero-order valence-electron chi connectivity index (χ0n) is 22.8. The van der Waals surface area contributed by atoms with Crippen LogP contribution in [0.3, 0.4) is 0 Å². The van der Waals surface area contributed by atoms with Crippen LogP contribution >= 0.6 is 0 Å². The summed E-state index contributed by atoms with van der Waals surface area (Å²) in [6.07, 6.45) is -2.97. The summed E-state index contributed by atoms with van der Waals surface area (Å²) in [4.78, 5) is 21.9. The van der Waals surface area contributed by atoms with E-state index in [9.17, 15) is 18.0 Å². The van der Waals surface area contributed by atoms with Crippen molar-refractivity contribution in [3.8, 4) is 0 Å². The summed E-state index contributed by atoms with van der Waals surface area (Å²) in [7, 11) is 0. The monoisotopic (exact) mass is 566 g/mol. The molecule has 1 aliphatic heterocycles. The number of pyridine rings is 1. The fourth-order valence-corrected chi connectivity index (χ4v) is 5.57. The van der Waals surface area contributed by atoms with Gasteiger partial charge in [0.05, 0.1) is 17.1 Å². The summed E-state index contributed by atoms with van der Waals surface area (Å²) in [6.45, 7) is 2.68. The van der Waals surface area contributed by atoms with Gasteiger partial charge in [-0.25, -0.2) is 0 Å². The van der Waals surface area contributed by atoms with Gasteiger partial charge in [-0.05, 0) is 47.5 Å². The number of hydrogen-bond acceptors (Lipinski definition) is 4. The molecule has 1 fully saturated rings. The number of carbonyl (C=O) groups is 1. The van der Waals surface area contributed by atoms with Gasteiger partial charge in [-0.3, -0.25) is 14.7 Å². The number of piperazine rings is 1. The van der Waals surface area contributed by atoms with Crippen LogP contribution in [-0.2, 0) is 6.18 Å². The van der Waals surface area contributed by atoms with Crippen LogP contribution in [0.25, 0.3) is 10.9 Å². The predicted octanol–water partition coefficient (Wildman–Crippen LogP) is 7.54. The molecule has 0 spiro atoms. The van der Waals surface area contributed by atoms with Crippen molar-refractivity contribution in [3.05, 3.63) is 138 Å². The van der Waals surface area contributed by atoms with E-state index in [4.69, 9.17) is 0 Å². The number of fused-ring (bicyclic) bond motifs is 1. The molecule has 0 unspecified atom stereocenters. The van der Waals surface area contributed by atoms with Gasteiger partial charge >= 0.3 is 6.18 Å². The van der Waals surface area contributed by atoms with Crippen LogP contribution in [-0.4, -0.2) is 46.9 Å². The van der Waals surface area contributed by atoms with Crippen molar-refractivity contribution in [1.82, 2.24) is 14.8 Å². The fourth-order valence-electron chi connectivity index (χ4n) is 5.57. The van der Waals surface area contributed by atoms with Crippen molar-refractivity contribution in [3.63, 3.8) is 0 Å². The minimum Gasteiger partial charge on any atom is -0.355 e. The third-order valence-electron chi connectivity index (χ3n) is 7.66. The van der Waals surface area contributed by atoms with E-state index in [1.165, 1.54) is 23.4 Å². The number of amides is 1. The van der Waals surface area contributed by atoms with Crippen LogP contribution < -0.4 is 5.32 Å². The molecule has 0 saturated carbocycles. The zero-order valence-corrected chi connectivity index (χ0v) is 22.8. The minimum atomic E-state index is -4.44. The van der Waals surface area contributed by atoms with Crippen LogP contribution in [0.1, 0.15) is 33.1 Å². The third kappa shape index (κ3) is 5.85. The number of halogens is 3. The van der Waals surface area contributed by atoms with Crippen LogP contribution in [0, 0.1) is 0 Å². The summed E-state index contributed by atoms with van der Waals surface area (Å²) in [5, 5.41) is 3.82. The highest BCUT2D eigenvalue weighted by Gasteiger charge is 2.31. The summed E-state index contributed by atoms with van der Waals surface area (Å²) in [6, 6.07) is 33.4. The summed E-state index contributed by atoms with van der Waals surface area (Å²) < 4.78 is 39.5. The van der Waals surface area contributed by atoms with Crippen molar-refractivity contribution in [2.75, 3.05) is 31.5 Å². The van der Waals surface area contributed by atoms with Gasteiger partial charge in [-0.2, -0.15) is 13.2 Å². The standard InChI is InChI=1S/C34H29F3N4O/c35-34(36,37)27-14-15-29-30(16-17-38-31(29)23-27)39-28-13-7-12-26(22-28)33(42)41-20-18-40(19-21-41)32(24-8-3-1-4-9-24)25-10-5-2-6-11-25/h1-17,22-23,32H,18-21H2,(H,38,39). The summed E-state index contributed by atoms with van der Waals surface area (Å²) in [5.74, 6) is -0.0522. The molecule has 8 heteroatoms. The number of carbonyl (C=O) groups excluding carboxylic acids is 1. The topological polar surface area (TPSA) is 48.5 Å². The van der Waals surface area contributed by atoms with Crippen molar-refractivity contribution in [2.45, 2.75) is 12.2 Å². The van der Waals surface area contributed by atoms with Crippen molar-refractivity contribution in [1.29, 1.82) is 0 Å². The number of nitrogens with one attached hydrogen (secondary N) is 1. The van der Waals surface area contributed by atoms with Gasteiger partial charge in [0.15, 0.2) is 0 Å². The van der Waals surface area contributed by atoms with E-state index in [1.54, 1.807) is 24.3 Å². The van der Waals surface area contributed by atoms with Gasteiger partial charge < -0.3 is 10.2 Å². The predicted molar refractivity (Wildman–Crippen MR) is 159 cm³/mol. The van der Waals surface area contributed by atoms with Gasteiger partial charge in [-0.15, -0.1) is 0 Å². The minimum absolute atomic E-state index is 0.0522. The number of hydrogen-bond donors (Lipinski definition) is 1. The maximum Gasteiger partial charge on any atom is 0.416 e. The Hall–Kier alpha value is -4.69. The van der Waals surface area contributed by atoms with E-state index in [0.717, 1.165) is 25.2 Å². The summed E-state index contributed by atoms with van der Waals surface area (Å²) >= 11 is 0. The lowest BCUT2D eigenvalue weighted by Gasteiger charge is -2.39. The molecular weight excluding hydrogens is 537 g/mol. The molecule has 5 nitrogen and oxygen atoms in total. The quantitative estimate of drug-likeness (QED) is 0.231. The van der Waals surface area contributed by atoms with Crippen molar-refractivity contribution >= 4 is 28.2 Å². The smallest absolute Gasteiger partial charge is 0.355 e. The van der Waals surface area contributed by atoms with E-state index in [-0.39, 0.29) is 17.5 Å². The maximum atomic E-state index is 13.5. The zero-order chi connectivity index (χ0) is 29.1. The molecule has 6 rings (SSSR count). The number of benzene rings is 4. The number of nitrogens with zero attached hydrogens (tertiary/aromatic N) is 3. The first-order valence-electron chi connectivity index (χ1n) is 13.8. The Balaban J connectivity index is 1.16. The van der Waals surface area contributed by atoms with Crippen LogP contribution in [0.15, 0.2) is 115 Å². The Kier molecular flexibility index (Phi) is 7.63. The lowest BCUT2D eigenvalue weighted by molar-refractivity contribution is -0.137. The molecule has 1 aromatic heterocycles. The number of alkyl halides is 3. The van der Waals surface area contributed by atoms with Crippen LogP contribution in [0.2, 0.25) is 0 Å². The molecule has 0 bridgehead atoms. The molecule has 1 amide bonds. The van der Waals surface area contributed by atoms with E-state index in [1.807, 2.05) is 23.1 Å². The molecule has 0 radical (unpaired) electrons. The molecule has 0 aliphatic carbocycles. The molecule has 2 heterocycles. The molecule has 212 valence electrons. The largest absolute Gasteiger partial charge is 0.416 e. The Morgan fingerprint density at radius 3 is 2.07 bits per heavy atom. The van der Waals surface area contributed by atoms with Crippen LogP contribution in [0.5, 0.6) is 0 Å². The van der Waals surface area contributed by atoms with Gasteiger partial charge in [0.2, 0.25) is 0 Å². The van der Waals surface area contributed by atoms with Crippen molar-refractivity contribution in [2.24, 2.45) is 0 Å². The summed E-state index contributed by atoms with van der Waals surface area (Å²) in [5.41, 5.74) is 3.77. The second kappa shape index (κ2) is 11.7. The Morgan fingerprint density at radius 1 is 0.762 bits per heavy atom. The van der Waals surface area contributed by atoms with E-state index < -0.39 is 11.7 Å². The maximum absolute atomic E-state index is 13.5. The Morgan fingerprint density at radius 2 is 1.43 bits per heavy atom. The SMILES string of the molecule is O=C(c1cccc(Nc2ccnc3cc(C(F)(F)F)ccc23)c1)N1CCN(C(c2ccccc2)c2ccccc2)CC1. The molecule has 1 N–H and O–H groups in total. The van der Waals surface area contributed by atoms with Crippen LogP contribution in [0.4, 0.5) is 24.5 Å². The third-order valence-corrected chi connectivity index (χ3v) is 7.66. The lowest BCUT2D eigenvalue weighted by Crippen LogP contribution is -2.49. The number of rotatable bonds is 6. The molecule has 0 atom stereocenters. The highest BCUT2D eigenvalue weighted by molar-refractivity contribution is 5.97. The normalized spacial score (nSPS) is 14.3. The van der Waals surface area contributed by atoms with Gasteiger partial charge in [-0.1, -0.05) is 72.8 Å². The first-order chi connectivity index (χ1) is 20.4. The molecule has 4 aromatic carbocycles. The van der Waals surface area contributed by atoms with E-state index in [0.29, 0.717) is 35.4 Å². The highest BCUT2D eigenvalue weighted by Crippen LogP contribution is 2.34. The van der Waals surface area contributed by atoms with Gasteiger partial charge in [0.25, 0.3) is 5.91 Å². The van der Waals surface area contributed by atoms with E-state index in [2.05, 4.69) is 63.7 Å². The van der Waals surface area contributed by atoms with Crippen molar-refractivity contribution < 1.29 is 18.0 Å². The first-order valence-corrected chi connectivity index (χ1v) is 13.8. The second-order valence-corrected chi connectivity index (χ2v) is 10.3. The molecular formula is C34H29F3N4O. The number of aromatic nitrogens is 1. The fraction of sp³-hybridized carbons (Fsp3) is 0.176. The first kappa shape index (κ1) is 27.5.